The van der Waals surface area contributed by atoms with Gasteiger partial charge < -0.3 is 4.74 Å². The zero-order valence-corrected chi connectivity index (χ0v) is 11.9. The molecule has 92 valence electrons. The molecule has 2 rings (SSSR count). The standard InChI is InChI=1S/C12H14BrNO2S/c1-16-12(15)11-7-17-6-10(14-11)8-4-2-3-5-9(8)13/h2-5,10-11,14H,6-7H2,1H3. The van der Waals surface area contributed by atoms with Gasteiger partial charge in [0.1, 0.15) is 6.04 Å². The van der Waals surface area contributed by atoms with Crippen LogP contribution in [0.2, 0.25) is 0 Å². The summed E-state index contributed by atoms with van der Waals surface area (Å²) < 4.78 is 5.85. The number of benzene rings is 1. The number of hydrogen-bond acceptors (Lipinski definition) is 4. The molecule has 1 aliphatic heterocycles. The lowest BCUT2D eigenvalue weighted by molar-refractivity contribution is -0.142. The number of esters is 1. The Bertz CT molecular complexity index is 413. The molecule has 1 saturated heterocycles. The number of methoxy groups -OCH3 is 1. The number of carbonyl (C=O) groups is 1. The second kappa shape index (κ2) is 5.89. The molecular formula is C12H14BrNO2S. The molecule has 0 bridgehead atoms. The molecule has 0 saturated carbocycles. The Hall–Kier alpha value is -0.520. The van der Waals surface area contributed by atoms with Gasteiger partial charge in [0.05, 0.1) is 7.11 Å². The smallest absolute Gasteiger partial charge is 0.323 e. The van der Waals surface area contributed by atoms with E-state index in [4.69, 9.17) is 4.74 Å². The topological polar surface area (TPSA) is 38.3 Å². The van der Waals surface area contributed by atoms with Crippen LogP contribution in [0.15, 0.2) is 28.7 Å². The fraction of sp³-hybridized carbons (Fsp3) is 0.417. The summed E-state index contributed by atoms with van der Waals surface area (Å²) in [6.45, 7) is 0. The van der Waals surface area contributed by atoms with Crippen LogP contribution < -0.4 is 5.32 Å². The predicted octanol–water partition coefficient (Wildman–Crippen LogP) is 2.37. The number of thioether (sulfide) groups is 1. The lowest BCUT2D eigenvalue weighted by atomic mass is 10.1. The van der Waals surface area contributed by atoms with Crippen molar-refractivity contribution in [1.29, 1.82) is 0 Å². The van der Waals surface area contributed by atoms with Gasteiger partial charge in [0.2, 0.25) is 0 Å². The van der Waals surface area contributed by atoms with Crippen molar-refractivity contribution in [2.24, 2.45) is 0 Å². The summed E-state index contributed by atoms with van der Waals surface area (Å²) in [5.41, 5.74) is 1.19. The number of hydrogen-bond donors (Lipinski definition) is 1. The number of rotatable bonds is 2. The Morgan fingerprint density at radius 1 is 1.47 bits per heavy atom. The predicted molar refractivity (Wildman–Crippen MR) is 73.1 cm³/mol. The molecule has 1 aromatic rings. The Labute approximate surface area is 113 Å². The van der Waals surface area contributed by atoms with E-state index in [1.54, 1.807) is 11.8 Å². The van der Waals surface area contributed by atoms with Crippen LogP contribution in [0.5, 0.6) is 0 Å². The second-order valence-corrected chi connectivity index (χ2v) is 5.78. The SMILES string of the molecule is COC(=O)C1CSCC(c2ccccc2Br)N1. The maximum atomic E-state index is 11.5. The molecule has 1 fully saturated rings. The van der Waals surface area contributed by atoms with E-state index in [1.807, 2.05) is 18.2 Å². The molecule has 1 aliphatic rings. The van der Waals surface area contributed by atoms with Crippen LogP contribution in [-0.2, 0) is 9.53 Å². The largest absolute Gasteiger partial charge is 0.468 e. The Morgan fingerprint density at radius 3 is 2.94 bits per heavy atom. The highest BCUT2D eigenvalue weighted by molar-refractivity contribution is 9.10. The molecule has 2 unspecified atom stereocenters. The molecule has 17 heavy (non-hydrogen) atoms. The first-order valence-corrected chi connectivity index (χ1v) is 7.33. The van der Waals surface area contributed by atoms with Gasteiger partial charge in [-0.1, -0.05) is 34.1 Å². The third-order valence-corrected chi connectivity index (χ3v) is 4.60. The van der Waals surface area contributed by atoms with Gasteiger partial charge in [-0.25, -0.2) is 0 Å². The van der Waals surface area contributed by atoms with Crippen molar-refractivity contribution in [1.82, 2.24) is 5.32 Å². The second-order valence-electron chi connectivity index (χ2n) is 3.85. The van der Waals surface area contributed by atoms with Crippen LogP contribution in [-0.4, -0.2) is 30.6 Å². The van der Waals surface area contributed by atoms with Crippen molar-refractivity contribution in [2.45, 2.75) is 12.1 Å². The van der Waals surface area contributed by atoms with Crippen molar-refractivity contribution >= 4 is 33.7 Å². The van der Waals surface area contributed by atoms with Crippen LogP contribution in [0.25, 0.3) is 0 Å². The third kappa shape index (κ3) is 3.03. The first kappa shape index (κ1) is 12.9. The minimum Gasteiger partial charge on any atom is -0.468 e. The van der Waals surface area contributed by atoms with E-state index in [1.165, 1.54) is 12.7 Å². The Balaban J connectivity index is 2.12. The van der Waals surface area contributed by atoms with Gasteiger partial charge in [0, 0.05) is 22.0 Å². The maximum Gasteiger partial charge on any atom is 0.323 e. The average molecular weight is 316 g/mol. The Kier molecular flexibility index (Phi) is 4.48. The summed E-state index contributed by atoms with van der Waals surface area (Å²) in [6.07, 6.45) is 0. The molecular weight excluding hydrogens is 302 g/mol. The monoisotopic (exact) mass is 315 g/mol. The van der Waals surface area contributed by atoms with E-state index in [-0.39, 0.29) is 18.1 Å². The summed E-state index contributed by atoms with van der Waals surface area (Å²) in [7, 11) is 1.43. The first-order valence-electron chi connectivity index (χ1n) is 5.38. The quantitative estimate of drug-likeness (QED) is 0.850. The van der Waals surface area contributed by atoms with Crippen LogP contribution in [0, 0.1) is 0 Å². The highest BCUT2D eigenvalue weighted by Gasteiger charge is 2.28. The number of nitrogens with one attached hydrogen (secondary N) is 1. The van der Waals surface area contributed by atoms with Crippen LogP contribution in [0.3, 0.4) is 0 Å². The van der Waals surface area contributed by atoms with Crippen molar-refractivity contribution < 1.29 is 9.53 Å². The minimum atomic E-state index is -0.212. The fourth-order valence-electron chi connectivity index (χ4n) is 1.86. The third-order valence-electron chi connectivity index (χ3n) is 2.74. The van der Waals surface area contributed by atoms with Crippen LogP contribution >= 0.6 is 27.7 Å². The van der Waals surface area contributed by atoms with Gasteiger partial charge in [0.25, 0.3) is 0 Å². The van der Waals surface area contributed by atoms with E-state index in [0.29, 0.717) is 0 Å². The van der Waals surface area contributed by atoms with Crippen molar-refractivity contribution in [2.75, 3.05) is 18.6 Å². The molecule has 0 radical (unpaired) electrons. The van der Waals surface area contributed by atoms with E-state index in [2.05, 4.69) is 27.3 Å². The van der Waals surface area contributed by atoms with Gasteiger partial charge in [-0.3, -0.25) is 10.1 Å². The highest BCUT2D eigenvalue weighted by Crippen LogP contribution is 2.29. The first-order chi connectivity index (χ1) is 8.22. The molecule has 1 heterocycles. The van der Waals surface area contributed by atoms with E-state index >= 15 is 0 Å². The number of ether oxygens (including phenoxy) is 1. The zero-order chi connectivity index (χ0) is 12.3. The molecule has 2 atom stereocenters. The van der Waals surface area contributed by atoms with E-state index in [0.717, 1.165) is 16.0 Å². The van der Waals surface area contributed by atoms with E-state index in [9.17, 15) is 4.79 Å². The lowest BCUT2D eigenvalue weighted by Crippen LogP contribution is -2.45. The summed E-state index contributed by atoms with van der Waals surface area (Å²) in [4.78, 5) is 11.5. The molecule has 1 N–H and O–H groups in total. The van der Waals surface area contributed by atoms with Crippen molar-refractivity contribution in [3.63, 3.8) is 0 Å². The highest BCUT2D eigenvalue weighted by atomic mass is 79.9. The Morgan fingerprint density at radius 2 is 2.24 bits per heavy atom. The van der Waals surface area contributed by atoms with Gasteiger partial charge in [0.15, 0.2) is 0 Å². The van der Waals surface area contributed by atoms with Gasteiger partial charge >= 0.3 is 5.97 Å². The zero-order valence-electron chi connectivity index (χ0n) is 9.48. The number of carbonyl (C=O) groups excluding carboxylic acids is 1. The van der Waals surface area contributed by atoms with Gasteiger partial charge in [-0.15, -0.1) is 0 Å². The minimum absolute atomic E-state index is 0.186. The number of halogens is 1. The fourth-order valence-corrected chi connectivity index (χ4v) is 3.54. The van der Waals surface area contributed by atoms with Crippen LogP contribution in [0.4, 0.5) is 0 Å². The average Bonchev–Trinajstić information content (AvgIpc) is 2.38. The molecule has 0 amide bonds. The summed E-state index contributed by atoms with van der Waals surface area (Å²) in [5, 5.41) is 3.34. The summed E-state index contributed by atoms with van der Waals surface area (Å²) in [5.74, 6) is 1.55. The van der Waals surface area contributed by atoms with Crippen molar-refractivity contribution in [3.8, 4) is 0 Å². The summed E-state index contributed by atoms with van der Waals surface area (Å²) >= 11 is 5.31. The molecule has 0 aromatic heterocycles. The normalized spacial score (nSPS) is 24.4. The molecule has 1 aromatic carbocycles. The molecule has 0 aliphatic carbocycles. The van der Waals surface area contributed by atoms with Gasteiger partial charge in [-0.2, -0.15) is 11.8 Å². The maximum absolute atomic E-state index is 11.5. The lowest BCUT2D eigenvalue weighted by Gasteiger charge is -2.29. The molecule has 0 spiro atoms. The van der Waals surface area contributed by atoms with E-state index < -0.39 is 0 Å². The van der Waals surface area contributed by atoms with Gasteiger partial charge in [-0.05, 0) is 11.6 Å². The van der Waals surface area contributed by atoms with Crippen LogP contribution in [0.1, 0.15) is 11.6 Å². The molecule has 3 nitrogen and oxygen atoms in total. The van der Waals surface area contributed by atoms with Crippen molar-refractivity contribution in [3.05, 3.63) is 34.3 Å². The summed E-state index contributed by atoms with van der Waals surface area (Å²) in [6, 6.07) is 8.06. The molecule has 5 heteroatoms.